The minimum atomic E-state index is -0.00611. The summed E-state index contributed by atoms with van der Waals surface area (Å²) >= 11 is 0. The number of benzene rings is 1. The molecule has 2 aromatic rings. The standard InChI is InChI=1S/C19H27N3O2/c1-13(20)14-7-6-10-22(11-14)19(23)18-16(12-21(2)3)15-8-4-5-9-17(15)24-18/h4-5,8-9,13-14H,6-7,10-12,20H2,1-3H3/t13-,14+/m1/s1. The topological polar surface area (TPSA) is 62.7 Å². The fourth-order valence-corrected chi connectivity index (χ4v) is 3.51. The number of furan rings is 1. The van der Waals surface area contributed by atoms with Crippen LogP contribution in [-0.2, 0) is 6.54 Å². The molecular weight excluding hydrogens is 302 g/mol. The Morgan fingerprint density at radius 1 is 1.42 bits per heavy atom. The molecule has 1 aliphatic heterocycles. The van der Waals surface area contributed by atoms with E-state index in [1.165, 1.54) is 0 Å². The monoisotopic (exact) mass is 329 g/mol. The number of rotatable bonds is 4. The third-order valence-electron chi connectivity index (χ3n) is 4.86. The zero-order valence-electron chi connectivity index (χ0n) is 14.8. The van der Waals surface area contributed by atoms with Crippen molar-refractivity contribution in [3.63, 3.8) is 0 Å². The average molecular weight is 329 g/mol. The zero-order valence-corrected chi connectivity index (χ0v) is 14.8. The summed E-state index contributed by atoms with van der Waals surface area (Å²) in [7, 11) is 4.01. The van der Waals surface area contributed by atoms with E-state index < -0.39 is 0 Å². The van der Waals surface area contributed by atoms with E-state index >= 15 is 0 Å². The van der Waals surface area contributed by atoms with Crippen molar-refractivity contribution in [3.05, 3.63) is 35.6 Å². The first-order valence-corrected chi connectivity index (χ1v) is 8.67. The summed E-state index contributed by atoms with van der Waals surface area (Å²) in [5, 5.41) is 1.02. The summed E-state index contributed by atoms with van der Waals surface area (Å²) in [6, 6.07) is 7.98. The number of para-hydroxylation sites is 1. The van der Waals surface area contributed by atoms with E-state index in [1.807, 2.05) is 50.2 Å². The van der Waals surface area contributed by atoms with Crippen LogP contribution in [0, 0.1) is 5.92 Å². The Hall–Kier alpha value is -1.85. The van der Waals surface area contributed by atoms with Crippen LogP contribution in [0.1, 0.15) is 35.9 Å². The van der Waals surface area contributed by atoms with Gasteiger partial charge in [0.25, 0.3) is 5.91 Å². The predicted octanol–water partition coefficient (Wildman–Crippen LogP) is 2.69. The summed E-state index contributed by atoms with van der Waals surface area (Å²) in [6.07, 6.45) is 2.09. The number of carbonyl (C=O) groups excluding carboxylic acids is 1. The summed E-state index contributed by atoms with van der Waals surface area (Å²) < 4.78 is 5.96. The number of fused-ring (bicyclic) bond motifs is 1. The van der Waals surface area contributed by atoms with Crippen molar-refractivity contribution in [3.8, 4) is 0 Å². The van der Waals surface area contributed by atoms with Crippen LogP contribution in [0.15, 0.2) is 28.7 Å². The van der Waals surface area contributed by atoms with Gasteiger partial charge in [0.05, 0.1) is 0 Å². The summed E-state index contributed by atoms with van der Waals surface area (Å²) in [5.74, 6) is 0.841. The highest BCUT2D eigenvalue weighted by molar-refractivity contribution is 5.99. The number of likely N-dealkylation sites (tertiary alicyclic amines) is 1. The van der Waals surface area contributed by atoms with Gasteiger partial charge in [0, 0.05) is 36.6 Å². The van der Waals surface area contributed by atoms with Gasteiger partial charge >= 0.3 is 0 Å². The largest absolute Gasteiger partial charge is 0.451 e. The van der Waals surface area contributed by atoms with Crippen LogP contribution in [0.2, 0.25) is 0 Å². The SMILES string of the molecule is C[C@@H](N)[C@H]1CCCN(C(=O)c2oc3ccccc3c2CN(C)C)C1. The predicted molar refractivity (Wildman–Crippen MR) is 95.9 cm³/mol. The highest BCUT2D eigenvalue weighted by Crippen LogP contribution is 2.29. The molecule has 1 aromatic heterocycles. The number of nitrogens with zero attached hydrogens (tertiary/aromatic N) is 2. The molecule has 0 unspecified atom stereocenters. The molecule has 0 radical (unpaired) electrons. The molecule has 0 bridgehead atoms. The van der Waals surface area contributed by atoms with Crippen molar-refractivity contribution < 1.29 is 9.21 Å². The second-order valence-electron chi connectivity index (χ2n) is 7.16. The minimum absolute atomic E-state index is 0.00611. The molecule has 3 rings (SSSR count). The lowest BCUT2D eigenvalue weighted by Crippen LogP contribution is -2.45. The minimum Gasteiger partial charge on any atom is -0.451 e. The van der Waals surface area contributed by atoms with E-state index in [-0.39, 0.29) is 11.9 Å². The van der Waals surface area contributed by atoms with Crippen molar-refractivity contribution in [1.82, 2.24) is 9.80 Å². The van der Waals surface area contributed by atoms with Gasteiger partial charge in [-0.25, -0.2) is 0 Å². The van der Waals surface area contributed by atoms with Gasteiger partial charge in [-0.3, -0.25) is 4.79 Å². The van der Waals surface area contributed by atoms with E-state index in [0.29, 0.717) is 18.2 Å². The van der Waals surface area contributed by atoms with Gasteiger partial charge in [-0.15, -0.1) is 0 Å². The van der Waals surface area contributed by atoms with Crippen molar-refractivity contribution in [2.24, 2.45) is 11.7 Å². The quantitative estimate of drug-likeness (QED) is 0.937. The molecule has 1 amide bonds. The average Bonchev–Trinajstić information content (AvgIpc) is 2.92. The highest BCUT2D eigenvalue weighted by Gasteiger charge is 2.30. The molecule has 0 saturated carbocycles. The molecule has 2 atom stereocenters. The Bertz CT molecular complexity index is 720. The smallest absolute Gasteiger partial charge is 0.289 e. The van der Waals surface area contributed by atoms with E-state index in [0.717, 1.165) is 42.5 Å². The Balaban J connectivity index is 1.94. The van der Waals surface area contributed by atoms with E-state index in [1.54, 1.807) is 0 Å². The van der Waals surface area contributed by atoms with Crippen LogP contribution in [0.5, 0.6) is 0 Å². The van der Waals surface area contributed by atoms with Crippen molar-refractivity contribution in [2.45, 2.75) is 32.4 Å². The second kappa shape index (κ2) is 6.95. The Kier molecular flexibility index (Phi) is 4.92. The molecule has 24 heavy (non-hydrogen) atoms. The maximum absolute atomic E-state index is 13.1. The maximum atomic E-state index is 13.1. The summed E-state index contributed by atoms with van der Waals surface area (Å²) in [5.41, 5.74) is 7.81. The Labute approximate surface area is 143 Å². The fourth-order valence-electron chi connectivity index (χ4n) is 3.51. The molecule has 1 aromatic carbocycles. The number of hydrogen-bond donors (Lipinski definition) is 1. The number of piperidine rings is 1. The van der Waals surface area contributed by atoms with Crippen molar-refractivity contribution >= 4 is 16.9 Å². The molecule has 5 nitrogen and oxygen atoms in total. The van der Waals surface area contributed by atoms with Gasteiger partial charge in [-0.2, -0.15) is 0 Å². The Morgan fingerprint density at radius 2 is 2.17 bits per heavy atom. The lowest BCUT2D eigenvalue weighted by Gasteiger charge is -2.34. The van der Waals surface area contributed by atoms with Gasteiger partial charge in [0.2, 0.25) is 0 Å². The number of hydrogen-bond acceptors (Lipinski definition) is 4. The van der Waals surface area contributed by atoms with E-state index in [9.17, 15) is 4.79 Å². The van der Waals surface area contributed by atoms with Gasteiger partial charge in [-0.05, 0) is 45.8 Å². The molecule has 1 fully saturated rings. The molecule has 0 spiro atoms. The van der Waals surface area contributed by atoms with Crippen molar-refractivity contribution in [2.75, 3.05) is 27.2 Å². The number of carbonyl (C=O) groups is 1. The first kappa shape index (κ1) is 17.0. The first-order valence-electron chi connectivity index (χ1n) is 8.67. The highest BCUT2D eigenvalue weighted by atomic mass is 16.3. The first-order chi connectivity index (χ1) is 11.5. The number of amides is 1. The van der Waals surface area contributed by atoms with E-state index in [4.69, 9.17) is 10.2 Å². The normalized spacial score (nSPS) is 19.9. The molecule has 5 heteroatoms. The second-order valence-corrected chi connectivity index (χ2v) is 7.16. The lowest BCUT2D eigenvalue weighted by atomic mass is 9.92. The molecule has 1 aliphatic rings. The van der Waals surface area contributed by atoms with E-state index in [2.05, 4.69) is 4.90 Å². The molecule has 130 valence electrons. The molecule has 0 aliphatic carbocycles. The van der Waals surface area contributed by atoms with Gasteiger partial charge in [0.15, 0.2) is 5.76 Å². The van der Waals surface area contributed by atoms with Crippen LogP contribution < -0.4 is 5.73 Å². The third-order valence-corrected chi connectivity index (χ3v) is 4.86. The van der Waals surface area contributed by atoms with Crippen LogP contribution in [0.3, 0.4) is 0 Å². The third kappa shape index (κ3) is 3.32. The van der Waals surface area contributed by atoms with Crippen LogP contribution in [0.25, 0.3) is 11.0 Å². The maximum Gasteiger partial charge on any atom is 0.289 e. The lowest BCUT2D eigenvalue weighted by molar-refractivity contribution is 0.0629. The zero-order chi connectivity index (χ0) is 17.3. The van der Waals surface area contributed by atoms with Gasteiger partial charge in [0.1, 0.15) is 5.58 Å². The summed E-state index contributed by atoms with van der Waals surface area (Å²) in [4.78, 5) is 17.1. The van der Waals surface area contributed by atoms with Crippen molar-refractivity contribution in [1.29, 1.82) is 0 Å². The Morgan fingerprint density at radius 3 is 2.88 bits per heavy atom. The molecule has 2 heterocycles. The van der Waals surface area contributed by atoms with Crippen LogP contribution in [-0.4, -0.2) is 48.9 Å². The van der Waals surface area contributed by atoms with Gasteiger partial charge < -0.3 is 20.0 Å². The van der Waals surface area contributed by atoms with Gasteiger partial charge in [-0.1, -0.05) is 18.2 Å². The summed E-state index contributed by atoms with van der Waals surface area (Å²) in [6.45, 7) is 4.20. The van der Waals surface area contributed by atoms with Crippen LogP contribution in [0.4, 0.5) is 0 Å². The molecule has 1 saturated heterocycles. The number of nitrogens with two attached hydrogens (primary N) is 1. The fraction of sp³-hybridized carbons (Fsp3) is 0.526. The molecule has 2 N–H and O–H groups in total. The van der Waals surface area contributed by atoms with Crippen LogP contribution >= 0.6 is 0 Å². The molecular formula is C19H27N3O2.